The molecule has 0 aliphatic carbocycles. The number of nitrogens with zero attached hydrogens (tertiary/aromatic N) is 1. The second-order valence-electron chi connectivity index (χ2n) is 5.60. The highest BCUT2D eigenvalue weighted by Crippen LogP contribution is 2.36. The number of aliphatic hydroxyl groups excluding tert-OH is 1. The summed E-state index contributed by atoms with van der Waals surface area (Å²) in [6, 6.07) is 3.78. The molecule has 1 heterocycles. The summed E-state index contributed by atoms with van der Waals surface area (Å²) in [4.78, 5) is 2.25. The third-order valence-corrected chi connectivity index (χ3v) is 4.17. The monoisotopic (exact) mass is 295 g/mol. The molecule has 1 aliphatic rings. The van der Waals surface area contributed by atoms with Gasteiger partial charge in [0.2, 0.25) is 0 Å². The third kappa shape index (κ3) is 3.60. The first-order chi connectivity index (χ1) is 10.1. The second kappa shape index (κ2) is 7.00. The van der Waals surface area contributed by atoms with Crippen molar-refractivity contribution in [2.24, 2.45) is 5.92 Å². The number of hydrogen-bond donors (Lipinski definition) is 1. The molecule has 0 radical (unpaired) electrons. The Morgan fingerprint density at radius 3 is 2.33 bits per heavy atom. The molecule has 5 nitrogen and oxygen atoms in total. The number of piperidine rings is 1. The molecule has 0 bridgehead atoms. The van der Waals surface area contributed by atoms with Gasteiger partial charge in [-0.05, 0) is 31.5 Å². The smallest absolute Gasteiger partial charge is 0.164 e. The van der Waals surface area contributed by atoms with Crippen LogP contribution in [0.4, 0.5) is 0 Å². The molecule has 1 N–H and O–H groups in total. The predicted molar refractivity (Wildman–Crippen MR) is 81.4 cm³/mol. The van der Waals surface area contributed by atoms with Crippen molar-refractivity contribution in [1.82, 2.24) is 4.90 Å². The number of hydrogen-bond acceptors (Lipinski definition) is 5. The molecule has 2 rings (SSSR count). The van der Waals surface area contributed by atoms with Gasteiger partial charge in [0, 0.05) is 25.1 Å². The van der Waals surface area contributed by atoms with E-state index in [4.69, 9.17) is 14.2 Å². The lowest BCUT2D eigenvalue weighted by atomic mass is 9.88. The first kappa shape index (κ1) is 15.9. The summed E-state index contributed by atoms with van der Waals surface area (Å²) in [5.41, 5.74) is 1.04. The molecular formula is C16H25NO4. The SMILES string of the molecule is COc1cc(OC)c(OC)cc1CC1CN(C)CCC1O. The first-order valence-electron chi connectivity index (χ1n) is 7.24. The van der Waals surface area contributed by atoms with Crippen molar-refractivity contribution in [2.75, 3.05) is 41.5 Å². The van der Waals surface area contributed by atoms with Crippen LogP contribution in [0.1, 0.15) is 12.0 Å². The standard InChI is InChI=1S/C16H25NO4/c1-17-6-5-13(18)12(10-17)7-11-8-15(20-3)16(21-4)9-14(11)19-2/h8-9,12-13,18H,5-7,10H2,1-4H3. The molecule has 1 saturated heterocycles. The maximum atomic E-state index is 10.2. The van der Waals surface area contributed by atoms with E-state index in [1.165, 1.54) is 0 Å². The number of ether oxygens (including phenoxy) is 3. The van der Waals surface area contributed by atoms with Gasteiger partial charge < -0.3 is 24.2 Å². The maximum absolute atomic E-state index is 10.2. The fourth-order valence-corrected chi connectivity index (χ4v) is 2.94. The minimum Gasteiger partial charge on any atom is -0.496 e. The third-order valence-electron chi connectivity index (χ3n) is 4.17. The van der Waals surface area contributed by atoms with Crippen LogP contribution >= 0.6 is 0 Å². The number of likely N-dealkylation sites (tertiary alicyclic amines) is 1. The Kier molecular flexibility index (Phi) is 5.31. The fraction of sp³-hybridized carbons (Fsp3) is 0.625. The summed E-state index contributed by atoms with van der Waals surface area (Å²) in [5.74, 6) is 2.31. The van der Waals surface area contributed by atoms with E-state index in [-0.39, 0.29) is 12.0 Å². The van der Waals surface area contributed by atoms with Crippen molar-refractivity contribution < 1.29 is 19.3 Å². The number of aliphatic hydroxyl groups is 1. The molecule has 118 valence electrons. The molecule has 0 spiro atoms. The van der Waals surface area contributed by atoms with Crippen LogP contribution in [0.5, 0.6) is 17.2 Å². The molecule has 0 aromatic heterocycles. The van der Waals surface area contributed by atoms with Crippen LogP contribution < -0.4 is 14.2 Å². The molecule has 1 aliphatic heterocycles. The van der Waals surface area contributed by atoms with Crippen molar-refractivity contribution >= 4 is 0 Å². The van der Waals surface area contributed by atoms with Crippen molar-refractivity contribution in [1.29, 1.82) is 0 Å². The van der Waals surface area contributed by atoms with Gasteiger partial charge in [-0.2, -0.15) is 0 Å². The van der Waals surface area contributed by atoms with Crippen molar-refractivity contribution in [3.63, 3.8) is 0 Å². The number of rotatable bonds is 5. The molecule has 2 unspecified atom stereocenters. The summed E-state index contributed by atoms with van der Waals surface area (Å²) >= 11 is 0. The summed E-state index contributed by atoms with van der Waals surface area (Å²) in [5, 5.41) is 10.2. The summed E-state index contributed by atoms with van der Waals surface area (Å²) in [6.07, 6.45) is 1.31. The highest BCUT2D eigenvalue weighted by Gasteiger charge is 2.27. The Morgan fingerprint density at radius 1 is 1.10 bits per heavy atom. The van der Waals surface area contributed by atoms with Gasteiger partial charge in [0.05, 0.1) is 27.4 Å². The van der Waals surface area contributed by atoms with Crippen molar-refractivity contribution in [3.05, 3.63) is 17.7 Å². The highest BCUT2D eigenvalue weighted by molar-refractivity contribution is 5.50. The van der Waals surface area contributed by atoms with Gasteiger partial charge in [-0.1, -0.05) is 0 Å². The van der Waals surface area contributed by atoms with E-state index in [9.17, 15) is 5.11 Å². The maximum Gasteiger partial charge on any atom is 0.164 e. The zero-order chi connectivity index (χ0) is 15.4. The van der Waals surface area contributed by atoms with Gasteiger partial charge in [0.15, 0.2) is 11.5 Å². The molecule has 1 fully saturated rings. The predicted octanol–water partition coefficient (Wildman–Crippen LogP) is 1.57. The quantitative estimate of drug-likeness (QED) is 0.893. The van der Waals surface area contributed by atoms with Gasteiger partial charge >= 0.3 is 0 Å². The van der Waals surface area contributed by atoms with Crippen LogP contribution in [0.25, 0.3) is 0 Å². The Labute approximate surface area is 126 Å². The lowest BCUT2D eigenvalue weighted by Gasteiger charge is -2.34. The van der Waals surface area contributed by atoms with Gasteiger partial charge in [0.1, 0.15) is 5.75 Å². The van der Waals surface area contributed by atoms with Crippen LogP contribution in [0, 0.1) is 5.92 Å². The summed E-state index contributed by atoms with van der Waals surface area (Å²) in [6.45, 7) is 1.83. The van der Waals surface area contributed by atoms with Crippen LogP contribution in [-0.2, 0) is 6.42 Å². The van der Waals surface area contributed by atoms with E-state index in [0.717, 1.165) is 37.2 Å². The average molecular weight is 295 g/mol. The summed E-state index contributed by atoms with van der Waals surface area (Å²) < 4.78 is 16.1. The Morgan fingerprint density at radius 2 is 1.71 bits per heavy atom. The van der Waals surface area contributed by atoms with Gasteiger partial charge in [-0.15, -0.1) is 0 Å². The second-order valence-corrected chi connectivity index (χ2v) is 5.60. The number of benzene rings is 1. The van der Waals surface area contributed by atoms with E-state index >= 15 is 0 Å². The summed E-state index contributed by atoms with van der Waals surface area (Å²) in [7, 11) is 6.97. The average Bonchev–Trinajstić information content (AvgIpc) is 2.50. The van der Waals surface area contributed by atoms with Crippen LogP contribution in [0.15, 0.2) is 12.1 Å². The minimum atomic E-state index is -0.265. The largest absolute Gasteiger partial charge is 0.496 e. The van der Waals surface area contributed by atoms with E-state index < -0.39 is 0 Å². The topological polar surface area (TPSA) is 51.2 Å². The molecule has 21 heavy (non-hydrogen) atoms. The number of methoxy groups -OCH3 is 3. The molecule has 5 heteroatoms. The Bertz CT molecular complexity index is 478. The van der Waals surface area contributed by atoms with Gasteiger partial charge in [-0.25, -0.2) is 0 Å². The van der Waals surface area contributed by atoms with Crippen LogP contribution in [-0.4, -0.2) is 57.6 Å². The van der Waals surface area contributed by atoms with E-state index in [0.29, 0.717) is 11.5 Å². The minimum absolute atomic E-state index is 0.204. The van der Waals surface area contributed by atoms with E-state index in [1.54, 1.807) is 21.3 Å². The lowest BCUT2D eigenvalue weighted by molar-refractivity contribution is 0.0364. The van der Waals surface area contributed by atoms with Crippen LogP contribution in [0.3, 0.4) is 0 Å². The lowest BCUT2D eigenvalue weighted by Crippen LogP contribution is -2.42. The zero-order valence-electron chi connectivity index (χ0n) is 13.3. The normalized spacial score (nSPS) is 22.9. The fourth-order valence-electron chi connectivity index (χ4n) is 2.94. The van der Waals surface area contributed by atoms with Gasteiger partial charge in [-0.3, -0.25) is 0 Å². The molecule has 1 aromatic carbocycles. The highest BCUT2D eigenvalue weighted by atomic mass is 16.5. The molecule has 0 amide bonds. The van der Waals surface area contributed by atoms with E-state index in [1.807, 2.05) is 12.1 Å². The van der Waals surface area contributed by atoms with E-state index in [2.05, 4.69) is 11.9 Å². The van der Waals surface area contributed by atoms with Crippen LogP contribution in [0.2, 0.25) is 0 Å². The molecule has 2 atom stereocenters. The molecule has 0 saturated carbocycles. The van der Waals surface area contributed by atoms with Gasteiger partial charge in [0.25, 0.3) is 0 Å². The Balaban J connectivity index is 2.25. The molecule has 1 aromatic rings. The Hall–Kier alpha value is -1.46. The van der Waals surface area contributed by atoms with Crippen molar-refractivity contribution in [2.45, 2.75) is 18.9 Å². The first-order valence-corrected chi connectivity index (χ1v) is 7.24. The van der Waals surface area contributed by atoms with Crippen molar-refractivity contribution in [3.8, 4) is 17.2 Å². The molecular weight excluding hydrogens is 270 g/mol. The zero-order valence-corrected chi connectivity index (χ0v) is 13.3.